The lowest BCUT2D eigenvalue weighted by molar-refractivity contribution is -0.117. The summed E-state index contributed by atoms with van der Waals surface area (Å²) in [6.07, 6.45) is 0. The Bertz CT molecular complexity index is 859. The topological polar surface area (TPSA) is 61.9 Å². The third kappa shape index (κ3) is 5.88. The molecule has 2 aromatic rings. The summed E-state index contributed by atoms with van der Waals surface area (Å²) in [5.41, 5.74) is 1.04. The first kappa shape index (κ1) is 21.0. The number of hydrogen-bond donors (Lipinski definition) is 1. The van der Waals surface area contributed by atoms with Crippen molar-refractivity contribution in [3.8, 4) is 5.75 Å². The van der Waals surface area contributed by atoms with Gasteiger partial charge in [-0.25, -0.2) is 0 Å². The number of anilines is 1. The van der Waals surface area contributed by atoms with Crippen molar-refractivity contribution >= 4 is 29.1 Å². The number of alkyl halides is 2. The Labute approximate surface area is 172 Å². The van der Waals surface area contributed by atoms with Crippen LogP contribution in [-0.2, 0) is 4.79 Å². The Kier molecular flexibility index (Phi) is 7.00. The van der Waals surface area contributed by atoms with E-state index >= 15 is 0 Å². The first-order chi connectivity index (χ1) is 13.9. The number of hydrogen-bond acceptors (Lipinski definition) is 4. The van der Waals surface area contributed by atoms with E-state index in [0.29, 0.717) is 37.4 Å². The summed E-state index contributed by atoms with van der Waals surface area (Å²) in [5.74, 6) is -0.430. The first-order valence-electron chi connectivity index (χ1n) is 9.03. The predicted molar refractivity (Wildman–Crippen MR) is 105 cm³/mol. The molecule has 1 aliphatic rings. The van der Waals surface area contributed by atoms with Gasteiger partial charge in [0.15, 0.2) is 0 Å². The molecule has 1 saturated heterocycles. The average Bonchev–Trinajstić information content (AvgIpc) is 2.70. The van der Waals surface area contributed by atoms with Gasteiger partial charge < -0.3 is 15.0 Å². The fraction of sp³-hybridized carbons (Fsp3) is 0.300. The molecular formula is C20H20ClF2N3O3. The van der Waals surface area contributed by atoms with E-state index in [4.69, 9.17) is 11.6 Å². The van der Waals surface area contributed by atoms with Crippen LogP contribution in [0.15, 0.2) is 48.5 Å². The van der Waals surface area contributed by atoms with Crippen LogP contribution < -0.4 is 10.1 Å². The van der Waals surface area contributed by atoms with Gasteiger partial charge in [0.25, 0.3) is 5.91 Å². The van der Waals surface area contributed by atoms with E-state index in [2.05, 4.69) is 10.1 Å². The van der Waals surface area contributed by atoms with Gasteiger partial charge in [0, 0.05) is 37.4 Å². The minimum absolute atomic E-state index is 0.0175. The molecule has 3 rings (SSSR count). The van der Waals surface area contributed by atoms with E-state index in [1.807, 2.05) is 23.1 Å². The van der Waals surface area contributed by atoms with Crippen LogP contribution in [0.4, 0.5) is 14.5 Å². The zero-order valence-corrected chi connectivity index (χ0v) is 16.2. The molecule has 2 amide bonds. The van der Waals surface area contributed by atoms with E-state index in [9.17, 15) is 18.4 Å². The molecule has 1 N–H and O–H groups in total. The number of piperazine rings is 1. The molecule has 154 valence electrons. The molecule has 0 saturated carbocycles. The van der Waals surface area contributed by atoms with Gasteiger partial charge in [0.05, 0.1) is 11.6 Å². The van der Waals surface area contributed by atoms with Crippen molar-refractivity contribution in [3.05, 3.63) is 59.1 Å². The number of ether oxygens (including phenoxy) is 1. The van der Waals surface area contributed by atoms with Crippen LogP contribution in [0.25, 0.3) is 0 Å². The van der Waals surface area contributed by atoms with Crippen molar-refractivity contribution in [1.29, 1.82) is 0 Å². The minimum atomic E-state index is -2.97. The SMILES string of the molecule is O=C(CN1CCN(C(=O)c2ccccc2)CC1)Nc1ccc(OC(F)F)c(Cl)c1. The van der Waals surface area contributed by atoms with Gasteiger partial charge in [-0.05, 0) is 30.3 Å². The fourth-order valence-electron chi connectivity index (χ4n) is 3.05. The maximum absolute atomic E-state index is 12.5. The van der Waals surface area contributed by atoms with Crippen LogP contribution >= 0.6 is 11.6 Å². The number of nitrogens with one attached hydrogen (secondary N) is 1. The molecule has 1 fully saturated rings. The first-order valence-corrected chi connectivity index (χ1v) is 9.41. The van der Waals surface area contributed by atoms with Crippen molar-refractivity contribution in [2.24, 2.45) is 0 Å². The number of halogens is 3. The Morgan fingerprint density at radius 3 is 2.38 bits per heavy atom. The van der Waals surface area contributed by atoms with Gasteiger partial charge in [0.2, 0.25) is 5.91 Å². The van der Waals surface area contributed by atoms with Crippen molar-refractivity contribution in [2.75, 3.05) is 38.0 Å². The second-order valence-electron chi connectivity index (χ2n) is 6.51. The number of benzene rings is 2. The van der Waals surface area contributed by atoms with Gasteiger partial charge in [-0.15, -0.1) is 0 Å². The summed E-state index contributed by atoms with van der Waals surface area (Å²) < 4.78 is 28.8. The van der Waals surface area contributed by atoms with E-state index < -0.39 is 6.61 Å². The highest BCUT2D eigenvalue weighted by atomic mass is 35.5. The summed E-state index contributed by atoms with van der Waals surface area (Å²) >= 11 is 5.89. The molecular weight excluding hydrogens is 404 g/mol. The highest BCUT2D eigenvalue weighted by molar-refractivity contribution is 6.32. The highest BCUT2D eigenvalue weighted by Gasteiger charge is 2.23. The average molecular weight is 424 g/mol. The number of nitrogens with zero attached hydrogens (tertiary/aromatic N) is 2. The number of rotatable bonds is 6. The molecule has 0 aliphatic carbocycles. The maximum atomic E-state index is 12.5. The lowest BCUT2D eigenvalue weighted by Gasteiger charge is -2.34. The van der Waals surface area contributed by atoms with Crippen LogP contribution in [0.5, 0.6) is 5.75 Å². The normalized spacial score (nSPS) is 14.7. The van der Waals surface area contributed by atoms with Crippen molar-refractivity contribution in [2.45, 2.75) is 6.61 Å². The maximum Gasteiger partial charge on any atom is 0.387 e. The molecule has 2 aromatic carbocycles. The molecule has 0 spiro atoms. The third-order valence-corrected chi connectivity index (χ3v) is 4.77. The summed E-state index contributed by atoms with van der Waals surface area (Å²) in [5, 5.41) is 2.66. The third-order valence-electron chi connectivity index (χ3n) is 4.48. The van der Waals surface area contributed by atoms with E-state index in [0.717, 1.165) is 0 Å². The van der Waals surface area contributed by atoms with Crippen LogP contribution in [0.1, 0.15) is 10.4 Å². The molecule has 0 bridgehead atoms. The van der Waals surface area contributed by atoms with Gasteiger partial charge in [0.1, 0.15) is 5.75 Å². The van der Waals surface area contributed by atoms with Crippen molar-refractivity contribution in [3.63, 3.8) is 0 Å². The number of carbonyl (C=O) groups is 2. The van der Waals surface area contributed by atoms with Crippen molar-refractivity contribution in [1.82, 2.24) is 9.80 Å². The fourth-order valence-corrected chi connectivity index (χ4v) is 3.27. The Morgan fingerprint density at radius 1 is 1.07 bits per heavy atom. The molecule has 29 heavy (non-hydrogen) atoms. The lowest BCUT2D eigenvalue weighted by atomic mass is 10.2. The summed E-state index contributed by atoms with van der Waals surface area (Å²) in [6.45, 7) is -0.596. The molecule has 6 nitrogen and oxygen atoms in total. The minimum Gasteiger partial charge on any atom is -0.433 e. The molecule has 0 unspecified atom stereocenters. The lowest BCUT2D eigenvalue weighted by Crippen LogP contribution is -2.50. The van der Waals surface area contributed by atoms with Gasteiger partial charge in [-0.1, -0.05) is 29.8 Å². The zero-order valence-electron chi connectivity index (χ0n) is 15.5. The largest absolute Gasteiger partial charge is 0.433 e. The highest BCUT2D eigenvalue weighted by Crippen LogP contribution is 2.28. The molecule has 0 radical (unpaired) electrons. The second-order valence-corrected chi connectivity index (χ2v) is 6.91. The molecule has 1 heterocycles. The Hall–Kier alpha value is -2.71. The zero-order chi connectivity index (χ0) is 20.8. The standard InChI is InChI=1S/C20H20ClF2N3O3/c21-16-12-15(6-7-17(16)29-20(22)23)24-18(27)13-25-8-10-26(11-9-25)19(28)14-4-2-1-3-5-14/h1-7,12,20H,8-11,13H2,(H,24,27). The number of carbonyl (C=O) groups excluding carboxylic acids is 2. The molecule has 0 atom stereocenters. The Morgan fingerprint density at radius 2 is 1.76 bits per heavy atom. The second kappa shape index (κ2) is 9.67. The van der Waals surface area contributed by atoms with Crippen LogP contribution in [0, 0.1) is 0 Å². The Balaban J connectivity index is 1.47. The van der Waals surface area contributed by atoms with Crippen molar-refractivity contribution < 1.29 is 23.1 Å². The number of amides is 2. The van der Waals surface area contributed by atoms with E-state index in [-0.39, 0.29) is 29.1 Å². The van der Waals surface area contributed by atoms with E-state index in [1.54, 1.807) is 17.0 Å². The van der Waals surface area contributed by atoms with Crippen LogP contribution in [0.2, 0.25) is 5.02 Å². The molecule has 1 aliphatic heterocycles. The molecule has 0 aromatic heterocycles. The summed E-state index contributed by atoms with van der Waals surface area (Å²) in [7, 11) is 0. The van der Waals surface area contributed by atoms with E-state index in [1.165, 1.54) is 18.2 Å². The summed E-state index contributed by atoms with van der Waals surface area (Å²) in [6, 6.07) is 13.2. The smallest absolute Gasteiger partial charge is 0.387 e. The van der Waals surface area contributed by atoms with Crippen LogP contribution in [-0.4, -0.2) is 60.9 Å². The van der Waals surface area contributed by atoms with Gasteiger partial charge in [-0.3, -0.25) is 14.5 Å². The predicted octanol–water partition coefficient (Wildman–Crippen LogP) is 3.34. The monoisotopic (exact) mass is 423 g/mol. The van der Waals surface area contributed by atoms with Gasteiger partial charge in [-0.2, -0.15) is 8.78 Å². The quantitative estimate of drug-likeness (QED) is 0.774. The van der Waals surface area contributed by atoms with Crippen LogP contribution in [0.3, 0.4) is 0 Å². The molecule has 9 heteroatoms. The van der Waals surface area contributed by atoms with Gasteiger partial charge >= 0.3 is 6.61 Å². The summed E-state index contributed by atoms with van der Waals surface area (Å²) in [4.78, 5) is 28.4.